The van der Waals surface area contributed by atoms with Crippen molar-refractivity contribution in [3.05, 3.63) is 59.2 Å². The van der Waals surface area contributed by atoms with E-state index in [1.165, 1.54) is 5.56 Å². The van der Waals surface area contributed by atoms with Gasteiger partial charge in [-0.15, -0.1) is 0 Å². The summed E-state index contributed by atoms with van der Waals surface area (Å²) in [6.45, 7) is 4.49. The smallest absolute Gasteiger partial charge is 0.317 e. The summed E-state index contributed by atoms with van der Waals surface area (Å²) in [6.07, 6.45) is 4.34. The number of aryl methyl sites for hydroxylation is 1. The number of ether oxygens (including phenoxy) is 1. The number of nitrogens with one attached hydrogen (secondary N) is 1. The lowest BCUT2D eigenvalue weighted by molar-refractivity contribution is -0.0960. The Bertz CT molecular complexity index is 786. The van der Waals surface area contributed by atoms with Crippen molar-refractivity contribution >= 4 is 6.03 Å². The first kappa shape index (κ1) is 17.0. The molecule has 1 aromatic carbocycles. The van der Waals surface area contributed by atoms with E-state index >= 15 is 0 Å². The topological polar surface area (TPSA) is 67.4 Å². The van der Waals surface area contributed by atoms with E-state index in [0.29, 0.717) is 26.2 Å². The third kappa shape index (κ3) is 3.29. The van der Waals surface area contributed by atoms with E-state index in [-0.39, 0.29) is 11.6 Å². The van der Waals surface area contributed by atoms with E-state index < -0.39 is 0 Å². The second-order valence-corrected chi connectivity index (χ2v) is 7.02. The van der Waals surface area contributed by atoms with Crippen LogP contribution in [-0.2, 0) is 23.3 Å². The van der Waals surface area contributed by atoms with Crippen molar-refractivity contribution in [2.75, 3.05) is 19.7 Å². The zero-order chi connectivity index (χ0) is 18.0. The zero-order valence-electron chi connectivity index (χ0n) is 15.1. The van der Waals surface area contributed by atoms with Crippen LogP contribution in [0.15, 0.2) is 36.5 Å². The first-order chi connectivity index (χ1) is 12.7. The summed E-state index contributed by atoms with van der Waals surface area (Å²) in [4.78, 5) is 23.4. The highest BCUT2D eigenvalue weighted by Crippen LogP contribution is 2.40. The van der Waals surface area contributed by atoms with Crippen molar-refractivity contribution in [1.29, 1.82) is 0 Å². The lowest BCUT2D eigenvalue weighted by atomic mass is 9.83. The molecule has 1 N–H and O–H groups in total. The number of hydrogen-bond acceptors (Lipinski definition) is 4. The molecule has 0 aliphatic carbocycles. The minimum atomic E-state index is -0.364. The highest BCUT2D eigenvalue weighted by Gasteiger charge is 2.43. The van der Waals surface area contributed by atoms with Gasteiger partial charge in [0.25, 0.3) is 0 Å². The molecule has 6 nitrogen and oxygen atoms in total. The van der Waals surface area contributed by atoms with Crippen molar-refractivity contribution < 1.29 is 9.53 Å². The van der Waals surface area contributed by atoms with Gasteiger partial charge >= 0.3 is 6.03 Å². The molecule has 0 saturated carbocycles. The van der Waals surface area contributed by atoms with Gasteiger partial charge in [0.1, 0.15) is 11.4 Å². The fourth-order valence-electron chi connectivity index (χ4n) is 3.83. The third-order valence-electron chi connectivity index (χ3n) is 5.31. The van der Waals surface area contributed by atoms with Crippen LogP contribution >= 0.6 is 0 Å². The van der Waals surface area contributed by atoms with Gasteiger partial charge in [-0.1, -0.05) is 30.3 Å². The standard InChI is InChI=1S/C20H24N4O2/c1-15-21-14-17-7-12-26-20(18(17)23-15)8-10-24(11-9-20)19(25)22-13-16-5-3-2-4-6-16/h2-6,14H,7-13H2,1H3,(H,22,25). The van der Waals surface area contributed by atoms with E-state index in [2.05, 4.69) is 15.3 Å². The molecule has 0 unspecified atom stereocenters. The maximum absolute atomic E-state index is 12.5. The lowest BCUT2D eigenvalue weighted by Gasteiger charge is -2.44. The molecule has 2 aliphatic heterocycles. The minimum Gasteiger partial charge on any atom is -0.368 e. The second kappa shape index (κ2) is 7.03. The SMILES string of the molecule is Cc1ncc2c(n1)C1(CCN(C(=O)NCc3ccccc3)CC1)OCC2. The van der Waals surface area contributed by atoms with Crippen LogP contribution in [-0.4, -0.2) is 40.6 Å². The van der Waals surface area contributed by atoms with Crippen LogP contribution in [0.25, 0.3) is 0 Å². The number of benzene rings is 1. The number of carbonyl (C=O) groups excluding carboxylic acids is 1. The Morgan fingerprint density at radius 1 is 1.27 bits per heavy atom. The Hall–Kier alpha value is -2.47. The van der Waals surface area contributed by atoms with Crippen LogP contribution in [0, 0.1) is 6.92 Å². The summed E-state index contributed by atoms with van der Waals surface area (Å²) in [6, 6.07) is 9.95. The molecule has 1 aromatic heterocycles. The average Bonchev–Trinajstić information content (AvgIpc) is 2.68. The highest BCUT2D eigenvalue weighted by molar-refractivity contribution is 5.74. The fraction of sp³-hybridized carbons (Fsp3) is 0.450. The van der Waals surface area contributed by atoms with Crippen molar-refractivity contribution in [1.82, 2.24) is 20.2 Å². The number of piperidine rings is 1. The number of carbonyl (C=O) groups is 1. The normalized spacial score (nSPS) is 18.4. The fourth-order valence-corrected chi connectivity index (χ4v) is 3.83. The summed E-state index contributed by atoms with van der Waals surface area (Å²) in [5.41, 5.74) is 2.95. The van der Waals surface area contributed by atoms with Crippen LogP contribution in [0.3, 0.4) is 0 Å². The quantitative estimate of drug-likeness (QED) is 0.902. The highest BCUT2D eigenvalue weighted by atomic mass is 16.5. The average molecular weight is 352 g/mol. The summed E-state index contributed by atoms with van der Waals surface area (Å²) >= 11 is 0. The number of fused-ring (bicyclic) bond motifs is 2. The molecular formula is C20H24N4O2. The Morgan fingerprint density at radius 2 is 2.04 bits per heavy atom. The molecule has 0 bridgehead atoms. The molecule has 0 atom stereocenters. The van der Waals surface area contributed by atoms with Crippen LogP contribution in [0.2, 0.25) is 0 Å². The van der Waals surface area contributed by atoms with E-state index in [9.17, 15) is 4.79 Å². The molecule has 2 aliphatic rings. The van der Waals surface area contributed by atoms with Gasteiger partial charge in [-0.05, 0) is 37.3 Å². The third-order valence-corrected chi connectivity index (χ3v) is 5.31. The Morgan fingerprint density at radius 3 is 2.81 bits per heavy atom. The minimum absolute atomic E-state index is 0.0152. The molecule has 2 aromatic rings. The van der Waals surface area contributed by atoms with Crippen molar-refractivity contribution in [3.8, 4) is 0 Å². The van der Waals surface area contributed by atoms with Gasteiger partial charge in [-0.3, -0.25) is 0 Å². The maximum atomic E-state index is 12.5. The maximum Gasteiger partial charge on any atom is 0.317 e. The Labute approximate surface area is 153 Å². The molecule has 1 spiro atoms. The molecule has 1 fully saturated rings. The molecule has 6 heteroatoms. The number of aromatic nitrogens is 2. The Balaban J connectivity index is 1.40. The molecular weight excluding hydrogens is 328 g/mol. The van der Waals surface area contributed by atoms with Crippen molar-refractivity contribution in [2.24, 2.45) is 0 Å². The van der Waals surface area contributed by atoms with E-state index in [4.69, 9.17) is 4.74 Å². The van der Waals surface area contributed by atoms with E-state index in [1.54, 1.807) is 0 Å². The molecule has 136 valence electrons. The molecule has 3 heterocycles. The van der Waals surface area contributed by atoms with Crippen LogP contribution in [0.5, 0.6) is 0 Å². The monoisotopic (exact) mass is 352 g/mol. The van der Waals surface area contributed by atoms with Crippen LogP contribution in [0.1, 0.15) is 35.5 Å². The lowest BCUT2D eigenvalue weighted by Crippen LogP contribution is -2.51. The van der Waals surface area contributed by atoms with Crippen LogP contribution < -0.4 is 5.32 Å². The van der Waals surface area contributed by atoms with Crippen LogP contribution in [0.4, 0.5) is 4.79 Å². The van der Waals surface area contributed by atoms with Gasteiger partial charge in [-0.2, -0.15) is 0 Å². The molecule has 4 rings (SSSR count). The molecule has 0 radical (unpaired) electrons. The Kier molecular flexibility index (Phi) is 4.59. The number of rotatable bonds is 2. The van der Waals surface area contributed by atoms with Gasteiger partial charge in [0.2, 0.25) is 0 Å². The second-order valence-electron chi connectivity index (χ2n) is 7.02. The number of likely N-dealkylation sites (tertiary alicyclic amines) is 1. The number of hydrogen-bond donors (Lipinski definition) is 1. The summed E-state index contributed by atoms with van der Waals surface area (Å²) in [5, 5.41) is 3.01. The number of amides is 2. The summed E-state index contributed by atoms with van der Waals surface area (Å²) in [5.74, 6) is 0.775. The van der Waals surface area contributed by atoms with E-state index in [1.807, 2.05) is 48.4 Å². The number of nitrogens with zero attached hydrogens (tertiary/aromatic N) is 3. The first-order valence-corrected chi connectivity index (χ1v) is 9.20. The molecule has 1 saturated heterocycles. The first-order valence-electron chi connectivity index (χ1n) is 9.20. The molecule has 2 amide bonds. The van der Waals surface area contributed by atoms with Crippen molar-refractivity contribution in [2.45, 2.75) is 38.3 Å². The van der Waals surface area contributed by atoms with Gasteiger partial charge < -0.3 is 15.0 Å². The molecule has 26 heavy (non-hydrogen) atoms. The summed E-state index contributed by atoms with van der Waals surface area (Å²) < 4.78 is 6.20. The van der Waals surface area contributed by atoms with Crippen molar-refractivity contribution in [3.63, 3.8) is 0 Å². The predicted octanol–water partition coefficient (Wildman–Crippen LogP) is 2.56. The number of urea groups is 1. The van der Waals surface area contributed by atoms with Gasteiger partial charge in [0, 0.05) is 25.8 Å². The predicted molar refractivity (Wildman–Crippen MR) is 97.6 cm³/mol. The zero-order valence-corrected chi connectivity index (χ0v) is 15.1. The van der Waals surface area contributed by atoms with E-state index in [0.717, 1.165) is 36.3 Å². The van der Waals surface area contributed by atoms with Gasteiger partial charge in [-0.25, -0.2) is 14.8 Å². The largest absolute Gasteiger partial charge is 0.368 e. The summed E-state index contributed by atoms with van der Waals surface area (Å²) in [7, 11) is 0. The van der Waals surface area contributed by atoms with Gasteiger partial charge in [0.05, 0.1) is 12.3 Å². The van der Waals surface area contributed by atoms with Gasteiger partial charge in [0.15, 0.2) is 0 Å².